The molecule has 0 amide bonds. The van der Waals surface area contributed by atoms with Gasteiger partial charge in [-0.25, -0.2) is 4.79 Å². The summed E-state index contributed by atoms with van der Waals surface area (Å²) in [7, 11) is 0. The minimum Gasteiger partial charge on any atom is -0.477 e. The molecule has 3 rings (SSSR count). The molecule has 1 aromatic carbocycles. The minimum absolute atomic E-state index is 0.155. The smallest absolute Gasteiger partial charge is 0.352 e. The number of carbonyl (C=O) groups is 1. The van der Waals surface area contributed by atoms with Gasteiger partial charge in [-0.05, 0) is 30.7 Å². The van der Waals surface area contributed by atoms with Crippen LogP contribution in [0.4, 0.5) is 0 Å². The predicted molar refractivity (Wildman–Crippen MR) is 67.7 cm³/mol. The van der Waals surface area contributed by atoms with Gasteiger partial charge in [0.2, 0.25) is 0 Å². The molecular weight excluding hydrogens is 230 g/mol. The van der Waals surface area contributed by atoms with E-state index < -0.39 is 5.97 Å². The largest absolute Gasteiger partial charge is 0.477 e. The Morgan fingerprint density at radius 2 is 2.11 bits per heavy atom. The number of para-hydroxylation sites is 1. The van der Waals surface area contributed by atoms with Crippen molar-refractivity contribution >= 4 is 16.9 Å². The van der Waals surface area contributed by atoms with E-state index in [0.29, 0.717) is 11.5 Å². The summed E-state index contributed by atoms with van der Waals surface area (Å²) in [5.41, 5.74) is 2.72. The fraction of sp³-hybridized carbons (Fsp3) is 0.0714. The summed E-state index contributed by atoms with van der Waals surface area (Å²) < 4.78 is 5.75. The topological polar surface area (TPSA) is 66.2 Å². The first-order valence-electron chi connectivity index (χ1n) is 5.57. The van der Waals surface area contributed by atoms with E-state index in [9.17, 15) is 4.79 Å². The van der Waals surface area contributed by atoms with Crippen molar-refractivity contribution in [3.8, 4) is 11.5 Å². The first-order valence-corrected chi connectivity index (χ1v) is 5.57. The Hall–Kier alpha value is -2.49. The summed E-state index contributed by atoms with van der Waals surface area (Å²) in [5, 5.41) is 9.88. The van der Waals surface area contributed by atoms with Gasteiger partial charge < -0.3 is 14.5 Å². The molecule has 90 valence electrons. The third-order valence-corrected chi connectivity index (χ3v) is 2.92. The molecule has 0 atom stereocenters. The third-order valence-electron chi connectivity index (χ3n) is 2.92. The van der Waals surface area contributed by atoms with E-state index in [1.807, 2.05) is 31.2 Å². The molecule has 0 aliphatic rings. The van der Waals surface area contributed by atoms with Crippen molar-refractivity contribution in [1.29, 1.82) is 0 Å². The van der Waals surface area contributed by atoms with Gasteiger partial charge >= 0.3 is 5.97 Å². The van der Waals surface area contributed by atoms with Crippen molar-refractivity contribution in [2.75, 3.05) is 0 Å². The minimum atomic E-state index is -0.978. The molecule has 0 saturated heterocycles. The van der Waals surface area contributed by atoms with Crippen LogP contribution < -0.4 is 0 Å². The number of hydrogen-bond donors (Lipinski definition) is 2. The second-order valence-electron chi connectivity index (χ2n) is 4.19. The van der Waals surface area contributed by atoms with Gasteiger partial charge in [-0.1, -0.05) is 18.2 Å². The van der Waals surface area contributed by atoms with Crippen molar-refractivity contribution in [1.82, 2.24) is 4.98 Å². The Morgan fingerprint density at radius 1 is 1.28 bits per heavy atom. The number of nitrogens with one attached hydrogen (secondary N) is 1. The molecule has 0 aliphatic carbocycles. The van der Waals surface area contributed by atoms with Gasteiger partial charge in [0.25, 0.3) is 0 Å². The number of fused-ring (bicyclic) bond motifs is 1. The van der Waals surface area contributed by atoms with E-state index in [4.69, 9.17) is 9.52 Å². The van der Waals surface area contributed by atoms with Crippen molar-refractivity contribution in [2.24, 2.45) is 0 Å². The number of aromatic amines is 1. The van der Waals surface area contributed by atoms with Crippen LogP contribution >= 0.6 is 0 Å². The van der Waals surface area contributed by atoms with E-state index in [-0.39, 0.29) is 5.69 Å². The summed E-state index contributed by atoms with van der Waals surface area (Å²) in [6.45, 7) is 1.98. The highest BCUT2D eigenvalue weighted by atomic mass is 16.4. The summed E-state index contributed by atoms with van der Waals surface area (Å²) in [6.07, 6.45) is 0. The van der Waals surface area contributed by atoms with E-state index in [2.05, 4.69) is 4.98 Å². The van der Waals surface area contributed by atoms with Gasteiger partial charge in [0.15, 0.2) is 5.76 Å². The van der Waals surface area contributed by atoms with Gasteiger partial charge in [0.1, 0.15) is 11.3 Å². The van der Waals surface area contributed by atoms with Crippen LogP contribution in [0.25, 0.3) is 22.4 Å². The Morgan fingerprint density at radius 3 is 2.78 bits per heavy atom. The molecule has 0 radical (unpaired) electrons. The molecule has 0 saturated carbocycles. The lowest BCUT2D eigenvalue weighted by atomic mass is 10.2. The Bertz CT molecular complexity index is 736. The number of aryl methyl sites for hydroxylation is 1. The second kappa shape index (κ2) is 3.77. The van der Waals surface area contributed by atoms with E-state index in [1.165, 1.54) is 6.07 Å². The van der Waals surface area contributed by atoms with Crippen molar-refractivity contribution in [3.05, 3.63) is 47.7 Å². The fourth-order valence-electron chi connectivity index (χ4n) is 2.01. The number of hydrogen-bond acceptors (Lipinski definition) is 2. The summed E-state index contributed by atoms with van der Waals surface area (Å²) in [6, 6.07) is 11.0. The molecule has 0 fully saturated rings. The zero-order valence-electron chi connectivity index (χ0n) is 9.73. The zero-order chi connectivity index (χ0) is 12.7. The summed E-state index contributed by atoms with van der Waals surface area (Å²) in [4.78, 5) is 13.6. The molecule has 0 bridgehead atoms. The second-order valence-corrected chi connectivity index (χ2v) is 4.19. The molecule has 2 aromatic heterocycles. The highest BCUT2D eigenvalue weighted by Crippen LogP contribution is 2.29. The number of carboxylic acids is 1. The van der Waals surface area contributed by atoms with Crippen LogP contribution in [0.5, 0.6) is 0 Å². The number of aromatic nitrogens is 1. The molecule has 18 heavy (non-hydrogen) atoms. The van der Waals surface area contributed by atoms with Gasteiger partial charge in [0.05, 0.1) is 5.69 Å². The molecule has 2 heterocycles. The number of benzene rings is 1. The van der Waals surface area contributed by atoms with Crippen molar-refractivity contribution < 1.29 is 14.3 Å². The monoisotopic (exact) mass is 241 g/mol. The van der Waals surface area contributed by atoms with Gasteiger partial charge in [-0.3, -0.25) is 0 Å². The van der Waals surface area contributed by atoms with E-state index in [0.717, 1.165) is 16.5 Å². The lowest BCUT2D eigenvalue weighted by Gasteiger charge is -1.93. The highest BCUT2D eigenvalue weighted by Gasteiger charge is 2.11. The number of carboxylic acid groups (broad SMARTS) is 1. The van der Waals surface area contributed by atoms with E-state index >= 15 is 0 Å². The highest BCUT2D eigenvalue weighted by molar-refractivity contribution is 5.88. The van der Waals surface area contributed by atoms with Crippen molar-refractivity contribution in [3.63, 3.8) is 0 Å². The quantitative estimate of drug-likeness (QED) is 0.722. The first-order chi connectivity index (χ1) is 8.65. The Labute approximate surface area is 103 Å². The number of rotatable bonds is 2. The third kappa shape index (κ3) is 1.59. The number of furan rings is 1. The van der Waals surface area contributed by atoms with Crippen LogP contribution in [0.2, 0.25) is 0 Å². The lowest BCUT2D eigenvalue weighted by Crippen LogP contribution is -1.95. The van der Waals surface area contributed by atoms with Gasteiger partial charge in [0, 0.05) is 5.39 Å². The number of H-pyrrole nitrogens is 1. The van der Waals surface area contributed by atoms with Crippen molar-refractivity contribution in [2.45, 2.75) is 6.92 Å². The maximum atomic E-state index is 10.8. The van der Waals surface area contributed by atoms with Crippen LogP contribution in [0.15, 0.2) is 40.8 Å². The Kier molecular flexibility index (Phi) is 2.23. The maximum Gasteiger partial charge on any atom is 0.352 e. The fourth-order valence-corrected chi connectivity index (χ4v) is 2.01. The molecule has 0 aliphatic heterocycles. The Balaban J connectivity index is 2.13. The van der Waals surface area contributed by atoms with Crippen LogP contribution in [-0.2, 0) is 0 Å². The maximum absolute atomic E-state index is 10.8. The van der Waals surface area contributed by atoms with Crippen LogP contribution in [0, 0.1) is 6.92 Å². The molecular formula is C14H11NO3. The standard InChI is InChI=1S/C14H11NO3/c1-8-3-2-4-9-7-12(18-13(8)9)10-5-6-11(15-10)14(16)17/h2-7,15H,1H3,(H,16,17). The zero-order valence-corrected chi connectivity index (χ0v) is 9.73. The molecule has 0 spiro atoms. The normalized spacial score (nSPS) is 10.9. The van der Waals surface area contributed by atoms with Crippen LogP contribution in [0.1, 0.15) is 16.1 Å². The lowest BCUT2D eigenvalue weighted by molar-refractivity contribution is 0.0691. The molecule has 4 heteroatoms. The average molecular weight is 241 g/mol. The summed E-state index contributed by atoms with van der Waals surface area (Å²) >= 11 is 0. The molecule has 2 N–H and O–H groups in total. The molecule has 0 unspecified atom stereocenters. The summed E-state index contributed by atoms with van der Waals surface area (Å²) in [5.74, 6) is -0.333. The first kappa shape index (κ1) is 10.7. The molecule has 3 aromatic rings. The SMILES string of the molecule is Cc1cccc2cc(-c3ccc(C(=O)O)[nH]3)oc12. The predicted octanol–water partition coefficient (Wildman–Crippen LogP) is 3.43. The van der Waals surface area contributed by atoms with E-state index in [1.54, 1.807) is 6.07 Å². The van der Waals surface area contributed by atoms with Crippen LogP contribution in [0.3, 0.4) is 0 Å². The average Bonchev–Trinajstić information content (AvgIpc) is 2.95. The van der Waals surface area contributed by atoms with Crippen LogP contribution in [-0.4, -0.2) is 16.1 Å². The number of aromatic carboxylic acids is 1. The van der Waals surface area contributed by atoms with Gasteiger partial charge in [-0.2, -0.15) is 0 Å². The van der Waals surface area contributed by atoms with Gasteiger partial charge in [-0.15, -0.1) is 0 Å². The molecule has 4 nitrogen and oxygen atoms in total.